The molecule has 2 aromatic rings. The Kier molecular flexibility index (Phi) is 4.46. The summed E-state index contributed by atoms with van der Waals surface area (Å²) in [5.41, 5.74) is 0. The lowest BCUT2D eigenvalue weighted by atomic mass is 10.2. The zero-order valence-electron chi connectivity index (χ0n) is 13.7. The van der Waals surface area contributed by atoms with Gasteiger partial charge in [0.2, 0.25) is 5.95 Å². The van der Waals surface area contributed by atoms with E-state index >= 15 is 0 Å². The molecule has 0 radical (unpaired) electrons. The number of rotatable bonds is 3. The first-order valence-corrected chi connectivity index (χ1v) is 8.51. The first-order valence-electron chi connectivity index (χ1n) is 8.51. The molecular formula is C18H22N4O2. The van der Waals surface area contributed by atoms with Crippen LogP contribution in [0.1, 0.15) is 6.42 Å². The molecule has 1 atom stereocenters. The summed E-state index contributed by atoms with van der Waals surface area (Å²) in [5, 5.41) is 0. The summed E-state index contributed by atoms with van der Waals surface area (Å²) in [4.78, 5) is 13.4. The third-order valence-electron chi connectivity index (χ3n) is 4.45. The Hall–Kier alpha value is -2.34. The standard InChI is InChI=1S/C18H22N4O2/c1-2-6-17-16(5-1)23-14-15(24-17)13-21-9-4-10-22(12-11-21)18-19-7-3-8-20-18/h1-3,5-8,15H,4,9-14H2. The Balaban J connectivity index is 1.34. The lowest BCUT2D eigenvalue weighted by molar-refractivity contribution is 0.0606. The molecule has 1 aromatic carbocycles. The third kappa shape index (κ3) is 3.43. The first-order chi connectivity index (χ1) is 11.9. The average molecular weight is 326 g/mol. The first kappa shape index (κ1) is 15.2. The lowest BCUT2D eigenvalue weighted by Gasteiger charge is -2.30. The molecule has 1 saturated heterocycles. The molecule has 3 heterocycles. The second-order valence-corrected chi connectivity index (χ2v) is 6.19. The van der Waals surface area contributed by atoms with Crippen LogP contribution >= 0.6 is 0 Å². The Morgan fingerprint density at radius 1 is 0.958 bits per heavy atom. The predicted molar refractivity (Wildman–Crippen MR) is 91.7 cm³/mol. The van der Waals surface area contributed by atoms with Gasteiger partial charge in [0.25, 0.3) is 0 Å². The van der Waals surface area contributed by atoms with Crippen molar-refractivity contribution in [2.24, 2.45) is 0 Å². The SMILES string of the molecule is c1cnc(N2CCCN(CC3COc4ccccc4O3)CC2)nc1. The van der Waals surface area contributed by atoms with Crippen molar-refractivity contribution >= 4 is 5.95 Å². The third-order valence-corrected chi connectivity index (χ3v) is 4.45. The van der Waals surface area contributed by atoms with E-state index in [9.17, 15) is 0 Å². The van der Waals surface area contributed by atoms with Crippen LogP contribution in [0.5, 0.6) is 11.5 Å². The van der Waals surface area contributed by atoms with E-state index in [2.05, 4.69) is 19.8 Å². The monoisotopic (exact) mass is 326 g/mol. The molecule has 1 fully saturated rings. The number of ether oxygens (including phenoxy) is 2. The molecule has 0 aliphatic carbocycles. The van der Waals surface area contributed by atoms with E-state index in [1.165, 1.54) is 0 Å². The summed E-state index contributed by atoms with van der Waals surface area (Å²) in [6, 6.07) is 9.73. The molecule has 2 aliphatic heterocycles. The zero-order chi connectivity index (χ0) is 16.2. The Labute approximate surface area is 142 Å². The van der Waals surface area contributed by atoms with Gasteiger partial charge < -0.3 is 14.4 Å². The smallest absolute Gasteiger partial charge is 0.225 e. The van der Waals surface area contributed by atoms with E-state index in [0.717, 1.165) is 56.6 Å². The number of nitrogens with zero attached hydrogens (tertiary/aromatic N) is 4. The van der Waals surface area contributed by atoms with Gasteiger partial charge >= 0.3 is 0 Å². The number of benzene rings is 1. The van der Waals surface area contributed by atoms with E-state index in [1.54, 1.807) is 12.4 Å². The highest BCUT2D eigenvalue weighted by molar-refractivity contribution is 5.40. The Morgan fingerprint density at radius 3 is 2.67 bits per heavy atom. The minimum Gasteiger partial charge on any atom is -0.486 e. The van der Waals surface area contributed by atoms with E-state index in [4.69, 9.17) is 9.47 Å². The lowest BCUT2D eigenvalue weighted by Crippen LogP contribution is -2.42. The molecule has 2 aliphatic rings. The number of para-hydroxylation sites is 2. The van der Waals surface area contributed by atoms with Gasteiger partial charge in [-0.3, -0.25) is 4.90 Å². The number of hydrogen-bond acceptors (Lipinski definition) is 6. The van der Waals surface area contributed by atoms with Crippen LogP contribution in [0.25, 0.3) is 0 Å². The minimum absolute atomic E-state index is 0.0828. The van der Waals surface area contributed by atoms with Crippen molar-refractivity contribution in [3.8, 4) is 11.5 Å². The van der Waals surface area contributed by atoms with Crippen LogP contribution in [0.4, 0.5) is 5.95 Å². The normalized spacial score (nSPS) is 21.3. The summed E-state index contributed by atoms with van der Waals surface area (Å²) in [7, 11) is 0. The number of anilines is 1. The van der Waals surface area contributed by atoms with Gasteiger partial charge in [-0.1, -0.05) is 12.1 Å². The van der Waals surface area contributed by atoms with Crippen molar-refractivity contribution in [1.29, 1.82) is 0 Å². The molecular weight excluding hydrogens is 304 g/mol. The molecule has 0 bridgehead atoms. The molecule has 126 valence electrons. The van der Waals surface area contributed by atoms with Gasteiger partial charge in [0.05, 0.1) is 0 Å². The Bertz CT molecular complexity index is 667. The van der Waals surface area contributed by atoms with Gasteiger partial charge in [-0.05, 0) is 24.6 Å². The fourth-order valence-electron chi connectivity index (χ4n) is 3.25. The fraction of sp³-hybridized carbons (Fsp3) is 0.444. The van der Waals surface area contributed by atoms with Crippen LogP contribution in [-0.2, 0) is 0 Å². The number of hydrogen-bond donors (Lipinski definition) is 0. The number of aromatic nitrogens is 2. The summed E-state index contributed by atoms with van der Waals surface area (Å²) >= 11 is 0. The van der Waals surface area contributed by atoms with Gasteiger partial charge in [-0.2, -0.15) is 0 Å². The van der Waals surface area contributed by atoms with Gasteiger partial charge in [-0.15, -0.1) is 0 Å². The van der Waals surface area contributed by atoms with E-state index < -0.39 is 0 Å². The molecule has 0 saturated carbocycles. The van der Waals surface area contributed by atoms with Crippen molar-refractivity contribution in [3.05, 3.63) is 42.7 Å². The van der Waals surface area contributed by atoms with Crippen molar-refractivity contribution in [2.75, 3.05) is 44.2 Å². The molecule has 0 N–H and O–H groups in total. The van der Waals surface area contributed by atoms with Crippen molar-refractivity contribution in [2.45, 2.75) is 12.5 Å². The maximum atomic E-state index is 6.08. The van der Waals surface area contributed by atoms with E-state index in [-0.39, 0.29) is 6.10 Å². The van der Waals surface area contributed by atoms with Crippen LogP contribution in [0, 0.1) is 0 Å². The topological polar surface area (TPSA) is 50.7 Å². The molecule has 1 aromatic heterocycles. The van der Waals surface area contributed by atoms with Crippen LogP contribution in [0.2, 0.25) is 0 Å². The molecule has 4 rings (SSSR count). The maximum absolute atomic E-state index is 6.08. The Morgan fingerprint density at radius 2 is 1.79 bits per heavy atom. The van der Waals surface area contributed by atoms with Crippen LogP contribution in [-0.4, -0.2) is 60.3 Å². The predicted octanol–water partition coefficient (Wildman–Crippen LogP) is 1.83. The highest BCUT2D eigenvalue weighted by Crippen LogP contribution is 2.31. The van der Waals surface area contributed by atoms with Gasteiger partial charge in [0.1, 0.15) is 12.7 Å². The molecule has 6 nitrogen and oxygen atoms in total. The number of fused-ring (bicyclic) bond motifs is 1. The van der Waals surface area contributed by atoms with Gasteiger partial charge in [-0.25, -0.2) is 9.97 Å². The minimum atomic E-state index is 0.0828. The van der Waals surface area contributed by atoms with Crippen molar-refractivity contribution < 1.29 is 9.47 Å². The second-order valence-electron chi connectivity index (χ2n) is 6.19. The summed E-state index contributed by atoms with van der Waals surface area (Å²) in [6.07, 6.45) is 4.78. The van der Waals surface area contributed by atoms with Crippen LogP contribution in [0.15, 0.2) is 42.7 Å². The van der Waals surface area contributed by atoms with Crippen LogP contribution in [0.3, 0.4) is 0 Å². The van der Waals surface area contributed by atoms with E-state index in [1.807, 2.05) is 30.3 Å². The summed E-state index contributed by atoms with van der Waals surface area (Å²) < 4.78 is 11.9. The zero-order valence-corrected chi connectivity index (χ0v) is 13.7. The largest absolute Gasteiger partial charge is 0.486 e. The quantitative estimate of drug-likeness (QED) is 0.858. The summed E-state index contributed by atoms with van der Waals surface area (Å²) in [5.74, 6) is 2.52. The van der Waals surface area contributed by atoms with Crippen molar-refractivity contribution in [1.82, 2.24) is 14.9 Å². The van der Waals surface area contributed by atoms with Gasteiger partial charge in [0.15, 0.2) is 11.5 Å². The van der Waals surface area contributed by atoms with E-state index in [0.29, 0.717) is 6.61 Å². The molecule has 0 spiro atoms. The van der Waals surface area contributed by atoms with Gasteiger partial charge in [0, 0.05) is 45.1 Å². The second kappa shape index (κ2) is 7.05. The fourth-order valence-corrected chi connectivity index (χ4v) is 3.25. The van der Waals surface area contributed by atoms with Crippen molar-refractivity contribution in [3.63, 3.8) is 0 Å². The molecule has 6 heteroatoms. The van der Waals surface area contributed by atoms with Crippen LogP contribution < -0.4 is 14.4 Å². The molecule has 1 unspecified atom stereocenters. The highest BCUT2D eigenvalue weighted by atomic mass is 16.6. The molecule has 0 amide bonds. The molecule has 24 heavy (non-hydrogen) atoms. The average Bonchev–Trinajstić information content (AvgIpc) is 2.88. The maximum Gasteiger partial charge on any atom is 0.225 e. The summed E-state index contributed by atoms with van der Waals surface area (Å²) in [6.45, 7) is 5.47. The highest BCUT2D eigenvalue weighted by Gasteiger charge is 2.24.